The normalized spacial score (nSPS) is 15.5. The average molecular weight is 375 g/mol. The number of carbonyl (C=O) groups is 1. The molecule has 0 amide bonds. The van der Waals surface area contributed by atoms with Crippen molar-refractivity contribution in [2.45, 2.75) is 32.5 Å². The van der Waals surface area contributed by atoms with E-state index < -0.39 is 6.10 Å². The van der Waals surface area contributed by atoms with E-state index in [1.165, 1.54) is 0 Å². The van der Waals surface area contributed by atoms with Crippen molar-refractivity contribution in [3.05, 3.63) is 53.1 Å². The SMILES string of the molecule is CC(C)Oc1ccc(-c2nc(-c3cccc4c3C(O)CC4=O)no2)cc1C#N. The van der Waals surface area contributed by atoms with Gasteiger partial charge in [-0.3, -0.25) is 4.79 Å². The number of aliphatic hydroxyl groups is 1. The Bertz CT molecular complexity index is 1110. The van der Waals surface area contributed by atoms with Gasteiger partial charge in [0.15, 0.2) is 5.78 Å². The van der Waals surface area contributed by atoms with E-state index >= 15 is 0 Å². The molecule has 0 bridgehead atoms. The van der Waals surface area contributed by atoms with Crippen molar-refractivity contribution in [1.82, 2.24) is 10.1 Å². The second kappa shape index (κ2) is 6.91. The summed E-state index contributed by atoms with van der Waals surface area (Å²) >= 11 is 0. The molecule has 2 aromatic carbocycles. The fourth-order valence-corrected chi connectivity index (χ4v) is 3.31. The van der Waals surface area contributed by atoms with E-state index in [-0.39, 0.29) is 30.0 Å². The molecular formula is C21H17N3O4. The summed E-state index contributed by atoms with van der Waals surface area (Å²) in [5.74, 6) is 0.900. The monoisotopic (exact) mass is 375 g/mol. The van der Waals surface area contributed by atoms with Gasteiger partial charge in [-0.1, -0.05) is 23.4 Å². The second-order valence-corrected chi connectivity index (χ2v) is 6.82. The minimum absolute atomic E-state index is 0.0535. The number of aromatic nitrogens is 2. The van der Waals surface area contributed by atoms with Gasteiger partial charge < -0.3 is 14.4 Å². The molecule has 0 saturated carbocycles. The molecule has 1 atom stereocenters. The number of benzene rings is 2. The second-order valence-electron chi connectivity index (χ2n) is 6.82. The number of aliphatic hydroxyl groups excluding tert-OH is 1. The molecular weight excluding hydrogens is 358 g/mol. The van der Waals surface area contributed by atoms with Crippen molar-refractivity contribution >= 4 is 5.78 Å². The largest absolute Gasteiger partial charge is 0.490 e. The van der Waals surface area contributed by atoms with Crippen molar-refractivity contribution in [2.75, 3.05) is 0 Å². The van der Waals surface area contributed by atoms with E-state index in [0.717, 1.165) is 0 Å². The molecule has 4 rings (SSSR count). The van der Waals surface area contributed by atoms with Crippen LogP contribution in [0.1, 0.15) is 47.9 Å². The summed E-state index contributed by atoms with van der Waals surface area (Å²) in [6, 6.07) is 12.3. The van der Waals surface area contributed by atoms with Gasteiger partial charge in [0.05, 0.1) is 17.8 Å². The Morgan fingerprint density at radius 3 is 2.82 bits per heavy atom. The lowest BCUT2D eigenvalue weighted by molar-refractivity contribution is 0.0930. The third-order valence-electron chi connectivity index (χ3n) is 4.50. The minimum atomic E-state index is -0.877. The number of rotatable bonds is 4. The first kappa shape index (κ1) is 17.9. The molecule has 0 spiro atoms. The van der Waals surface area contributed by atoms with Crippen LogP contribution in [-0.2, 0) is 0 Å². The van der Waals surface area contributed by atoms with Crippen LogP contribution < -0.4 is 4.74 Å². The van der Waals surface area contributed by atoms with Crippen LogP contribution in [0.2, 0.25) is 0 Å². The number of fused-ring (bicyclic) bond motifs is 1. The molecule has 1 unspecified atom stereocenters. The van der Waals surface area contributed by atoms with Crippen LogP contribution in [-0.4, -0.2) is 27.1 Å². The van der Waals surface area contributed by atoms with Gasteiger partial charge in [-0.05, 0) is 32.0 Å². The molecule has 3 aromatic rings. The highest BCUT2D eigenvalue weighted by Gasteiger charge is 2.31. The molecule has 140 valence electrons. The Morgan fingerprint density at radius 2 is 2.07 bits per heavy atom. The summed E-state index contributed by atoms with van der Waals surface area (Å²) in [6.45, 7) is 3.77. The minimum Gasteiger partial charge on any atom is -0.490 e. The molecule has 1 aromatic heterocycles. The summed E-state index contributed by atoms with van der Waals surface area (Å²) in [7, 11) is 0. The van der Waals surface area contributed by atoms with Gasteiger partial charge in [-0.25, -0.2) is 0 Å². The van der Waals surface area contributed by atoms with E-state index in [9.17, 15) is 15.2 Å². The molecule has 1 N–H and O–H groups in total. The maximum atomic E-state index is 12.0. The summed E-state index contributed by atoms with van der Waals surface area (Å²) < 4.78 is 11.0. The molecule has 0 aliphatic heterocycles. The topological polar surface area (TPSA) is 109 Å². The molecule has 0 saturated heterocycles. The number of ether oxygens (including phenoxy) is 1. The summed E-state index contributed by atoms with van der Waals surface area (Å²) in [4.78, 5) is 16.4. The lowest BCUT2D eigenvalue weighted by Crippen LogP contribution is -2.06. The van der Waals surface area contributed by atoms with Crippen LogP contribution >= 0.6 is 0 Å². The number of hydrogen-bond acceptors (Lipinski definition) is 7. The molecule has 7 heteroatoms. The predicted octanol–water partition coefficient (Wildman–Crippen LogP) is 3.68. The summed E-state index contributed by atoms with van der Waals surface area (Å²) in [5.41, 5.74) is 2.52. The fraction of sp³-hybridized carbons (Fsp3) is 0.238. The van der Waals surface area contributed by atoms with Gasteiger partial charge in [0, 0.05) is 28.7 Å². The quantitative estimate of drug-likeness (QED) is 0.740. The zero-order valence-electron chi connectivity index (χ0n) is 15.3. The Morgan fingerprint density at radius 1 is 1.29 bits per heavy atom. The van der Waals surface area contributed by atoms with Crippen molar-refractivity contribution in [1.29, 1.82) is 5.26 Å². The number of nitriles is 1. The Labute approximate surface area is 161 Å². The third kappa shape index (κ3) is 3.04. The molecule has 7 nitrogen and oxygen atoms in total. The smallest absolute Gasteiger partial charge is 0.258 e. The first-order valence-corrected chi connectivity index (χ1v) is 8.87. The zero-order chi connectivity index (χ0) is 19.8. The summed E-state index contributed by atoms with van der Waals surface area (Å²) in [6.07, 6.45) is -0.875. The number of hydrogen-bond donors (Lipinski definition) is 1. The zero-order valence-corrected chi connectivity index (χ0v) is 15.3. The van der Waals surface area contributed by atoms with Gasteiger partial charge in [0.25, 0.3) is 5.89 Å². The highest BCUT2D eigenvalue weighted by molar-refractivity contribution is 6.02. The molecule has 1 heterocycles. The molecule has 28 heavy (non-hydrogen) atoms. The highest BCUT2D eigenvalue weighted by Crippen LogP contribution is 2.38. The van der Waals surface area contributed by atoms with Gasteiger partial charge >= 0.3 is 0 Å². The molecule has 0 radical (unpaired) electrons. The Balaban J connectivity index is 1.72. The van der Waals surface area contributed by atoms with E-state index in [4.69, 9.17) is 9.26 Å². The fourth-order valence-electron chi connectivity index (χ4n) is 3.31. The van der Waals surface area contributed by atoms with Crippen LogP contribution in [0.3, 0.4) is 0 Å². The first-order chi connectivity index (χ1) is 13.5. The van der Waals surface area contributed by atoms with Crippen molar-refractivity contribution in [3.63, 3.8) is 0 Å². The van der Waals surface area contributed by atoms with Crippen LogP contribution in [0.25, 0.3) is 22.8 Å². The first-order valence-electron chi connectivity index (χ1n) is 8.87. The Kier molecular flexibility index (Phi) is 4.41. The molecule has 0 fully saturated rings. The van der Waals surface area contributed by atoms with Crippen molar-refractivity contribution in [3.8, 4) is 34.7 Å². The number of Topliss-reactive ketones (excluding diaryl/α,β-unsaturated/α-hetero) is 1. The molecule has 1 aliphatic rings. The van der Waals surface area contributed by atoms with E-state index in [0.29, 0.717) is 33.6 Å². The van der Waals surface area contributed by atoms with Gasteiger partial charge in [0.1, 0.15) is 11.8 Å². The van der Waals surface area contributed by atoms with Crippen LogP contribution in [0.15, 0.2) is 40.9 Å². The van der Waals surface area contributed by atoms with Crippen molar-refractivity contribution in [2.24, 2.45) is 0 Å². The van der Waals surface area contributed by atoms with Crippen LogP contribution in [0.4, 0.5) is 0 Å². The third-order valence-corrected chi connectivity index (χ3v) is 4.50. The maximum Gasteiger partial charge on any atom is 0.258 e. The Hall–Kier alpha value is -3.50. The number of carbonyl (C=O) groups excluding carboxylic acids is 1. The number of nitrogens with zero attached hydrogens (tertiary/aromatic N) is 3. The predicted molar refractivity (Wildman–Crippen MR) is 99.6 cm³/mol. The van der Waals surface area contributed by atoms with E-state index in [1.807, 2.05) is 13.8 Å². The van der Waals surface area contributed by atoms with Crippen LogP contribution in [0, 0.1) is 11.3 Å². The van der Waals surface area contributed by atoms with E-state index in [1.54, 1.807) is 36.4 Å². The van der Waals surface area contributed by atoms with E-state index in [2.05, 4.69) is 16.2 Å². The number of ketones is 1. The summed E-state index contributed by atoms with van der Waals surface area (Å²) in [5, 5.41) is 23.6. The lowest BCUT2D eigenvalue weighted by atomic mass is 10.0. The van der Waals surface area contributed by atoms with Gasteiger partial charge in [-0.15, -0.1) is 0 Å². The maximum absolute atomic E-state index is 12.0. The highest BCUT2D eigenvalue weighted by atomic mass is 16.5. The van der Waals surface area contributed by atoms with Gasteiger partial charge in [0.2, 0.25) is 5.82 Å². The lowest BCUT2D eigenvalue weighted by Gasteiger charge is -2.11. The van der Waals surface area contributed by atoms with Crippen molar-refractivity contribution < 1.29 is 19.2 Å². The molecule has 1 aliphatic carbocycles. The standard InChI is InChI=1S/C21H17N3O4/c1-11(2)27-18-7-6-12(8-13(18)10-22)21-23-20(24-28-21)15-5-3-4-14-16(25)9-17(26)19(14)15/h3-8,11,17,26H,9H2,1-2H3. The van der Waals surface area contributed by atoms with Crippen LogP contribution in [0.5, 0.6) is 5.75 Å². The van der Waals surface area contributed by atoms with Gasteiger partial charge in [-0.2, -0.15) is 10.2 Å². The average Bonchev–Trinajstić information content (AvgIpc) is 3.27.